The number of para-hydroxylation sites is 1. The first-order valence-corrected chi connectivity index (χ1v) is 8.03. The molecule has 0 amide bonds. The van der Waals surface area contributed by atoms with E-state index < -0.39 is 0 Å². The van der Waals surface area contributed by atoms with E-state index in [4.69, 9.17) is 9.15 Å². The standard InChI is InChI=1S/C21H17NO3/c1-13-4-3-5-16-12-19(25-20(13)16)18-11-10-17(22-18)14-6-8-15(9-7-14)21(23)24-2/h3-12,22H,1-2H3. The van der Waals surface area contributed by atoms with Crippen LogP contribution in [0.25, 0.3) is 33.7 Å². The minimum Gasteiger partial charge on any atom is -0.465 e. The molecule has 1 N–H and O–H groups in total. The molecule has 0 radical (unpaired) electrons. The lowest BCUT2D eigenvalue weighted by Crippen LogP contribution is -2.00. The van der Waals surface area contributed by atoms with E-state index in [2.05, 4.69) is 4.98 Å². The molecule has 0 saturated heterocycles. The van der Waals surface area contributed by atoms with Gasteiger partial charge in [-0.3, -0.25) is 0 Å². The SMILES string of the molecule is COC(=O)c1ccc(-c2ccc(-c3cc4cccc(C)c4o3)[nH]2)cc1. The summed E-state index contributed by atoms with van der Waals surface area (Å²) in [5, 5.41) is 1.09. The summed E-state index contributed by atoms with van der Waals surface area (Å²) >= 11 is 0. The van der Waals surface area contributed by atoms with Crippen molar-refractivity contribution in [1.29, 1.82) is 0 Å². The van der Waals surface area contributed by atoms with E-state index in [1.807, 2.05) is 55.5 Å². The summed E-state index contributed by atoms with van der Waals surface area (Å²) in [5.41, 5.74) is 5.44. The van der Waals surface area contributed by atoms with Gasteiger partial charge in [0.1, 0.15) is 5.58 Å². The summed E-state index contributed by atoms with van der Waals surface area (Å²) < 4.78 is 10.7. The monoisotopic (exact) mass is 331 g/mol. The normalized spacial score (nSPS) is 11.0. The second-order valence-electron chi connectivity index (χ2n) is 5.96. The third-order valence-electron chi connectivity index (χ3n) is 4.31. The zero-order chi connectivity index (χ0) is 17.4. The van der Waals surface area contributed by atoms with E-state index in [9.17, 15) is 4.79 Å². The molecule has 2 aromatic heterocycles. The van der Waals surface area contributed by atoms with Gasteiger partial charge in [-0.1, -0.05) is 30.3 Å². The summed E-state index contributed by atoms with van der Waals surface area (Å²) in [6.45, 7) is 2.04. The maximum atomic E-state index is 11.5. The van der Waals surface area contributed by atoms with Crippen LogP contribution in [0.2, 0.25) is 0 Å². The van der Waals surface area contributed by atoms with E-state index >= 15 is 0 Å². The van der Waals surface area contributed by atoms with E-state index in [0.717, 1.165) is 39.2 Å². The van der Waals surface area contributed by atoms with Gasteiger partial charge in [0.15, 0.2) is 5.76 Å². The molecule has 25 heavy (non-hydrogen) atoms. The van der Waals surface area contributed by atoms with Crippen LogP contribution >= 0.6 is 0 Å². The number of benzene rings is 2. The van der Waals surface area contributed by atoms with Crippen LogP contribution in [0.4, 0.5) is 0 Å². The molecule has 4 nitrogen and oxygen atoms in total. The largest absolute Gasteiger partial charge is 0.465 e. The van der Waals surface area contributed by atoms with Crippen molar-refractivity contribution in [3.05, 3.63) is 71.8 Å². The molecule has 0 fully saturated rings. The van der Waals surface area contributed by atoms with Crippen LogP contribution in [0.1, 0.15) is 15.9 Å². The fourth-order valence-electron chi connectivity index (χ4n) is 2.95. The molecule has 4 heteroatoms. The Labute approximate surface area is 145 Å². The third-order valence-corrected chi connectivity index (χ3v) is 4.31. The number of hydrogen-bond acceptors (Lipinski definition) is 3. The summed E-state index contributed by atoms with van der Waals surface area (Å²) in [5.74, 6) is 0.470. The lowest BCUT2D eigenvalue weighted by atomic mass is 10.1. The van der Waals surface area contributed by atoms with Gasteiger partial charge >= 0.3 is 5.97 Å². The topological polar surface area (TPSA) is 55.2 Å². The number of hydrogen-bond donors (Lipinski definition) is 1. The molecule has 0 bridgehead atoms. The number of fused-ring (bicyclic) bond motifs is 1. The zero-order valence-electron chi connectivity index (χ0n) is 14.0. The summed E-state index contributed by atoms with van der Waals surface area (Å²) in [7, 11) is 1.38. The van der Waals surface area contributed by atoms with Crippen molar-refractivity contribution in [3.63, 3.8) is 0 Å². The first kappa shape index (κ1) is 15.3. The third kappa shape index (κ3) is 2.72. The van der Waals surface area contributed by atoms with Crippen molar-refractivity contribution in [3.8, 4) is 22.7 Å². The highest BCUT2D eigenvalue weighted by Crippen LogP contribution is 2.31. The second kappa shape index (κ2) is 5.98. The van der Waals surface area contributed by atoms with Gasteiger partial charge in [0.25, 0.3) is 0 Å². The van der Waals surface area contributed by atoms with Gasteiger partial charge in [-0.2, -0.15) is 0 Å². The van der Waals surface area contributed by atoms with Crippen molar-refractivity contribution >= 4 is 16.9 Å². The Morgan fingerprint density at radius 1 is 1.00 bits per heavy atom. The smallest absolute Gasteiger partial charge is 0.337 e. The Balaban J connectivity index is 1.67. The number of carbonyl (C=O) groups excluding carboxylic acids is 1. The van der Waals surface area contributed by atoms with Crippen LogP contribution in [-0.2, 0) is 4.74 Å². The molecule has 124 valence electrons. The quantitative estimate of drug-likeness (QED) is 0.526. The Morgan fingerprint density at radius 3 is 2.48 bits per heavy atom. The highest BCUT2D eigenvalue weighted by atomic mass is 16.5. The van der Waals surface area contributed by atoms with E-state index in [0.29, 0.717) is 5.56 Å². The van der Waals surface area contributed by atoms with Gasteiger partial charge in [-0.25, -0.2) is 4.79 Å². The van der Waals surface area contributed by atoms with Gasteiger partial charge in [-0.05, 0) is 48.4 Å². The van der Waals surface area contributed by atoms with Crippen LogP contribution in [0.3, 0.4) is 0 Å². The van der Waals surface area contributed by atoms with Gasteiger partial charge in [0, 0.05) is 11.1 Å². The number of nitrogens with one attached hydrogen (secondary N) is 1. The average Bonchev–Trinajstić information content (AvgIpc) is 3.29. The molecule has 0 spiro atoms. The average molecular weight is 331 g/mol. The molecule has 2 heterocycles. The van der Waals surface area contributed by atoms with Crippen molar-refractivity contribution in [2.24, 2.45) is 0 Å². The van der Waals surface area contributed by atoms with Gasteiger partial charge < -0.3 is 14.1 Å². The molecule has 4 rings (SSSR count). The fraction of sp³-hybridized carbons (Fsp3) is 0.0952. The van der Waals surface area contributed by atoms with Crippen LogP contribution in [-0.4, -0.2) is 18.1 Å². The maximum Gasteiger partial charge on any atom is 0.337 e. The number of carbonyl (C=O) groups is 1. The Hall–Kier alpha value is -3.27. The molecular formula is C21H17NO3. The number of ether oxygens (including phenoxy) is 1. The Kier molecular flexibility index (Phi) is 3.65. The van der Waals surface area contributed by atoms with Crippen LogP contribution in [0.15, 0.2) is 65.1 Å². The predicted octanol–water partition coefficient (Wildman–Crippen LogP) is 5.19. The number of aromatic nitrogens is 1. The minimum atomic E-state index is -0.337. The molecule has 0 aliphatic rings. The molecular weight excluding hydrogens is 314 g/mol. The zero-order valence-corrected chi connectivity index (χ0v) is 14.0. The molecule has 0 atom stereocenters. The lowest BCUT2D eigenvalue weighted by molar-refractivity contribution is 0.0601. The predicted molar refractivity (Wildman–Crippen MR) is 97.5 cm³/mol. The first-order valence-electron chi connectivity index (χ1n) is 8.03. The number of methoxy groups -OCH3 is 1. The fourth-order valence-corrected chi connectivity index (χ4v) is 2.95. The first-order chi connectivity index (χ1) is 12.2. The summed E-state index contributed by atoms with van der Waals surface area (Å²) in [4.78, 5) is 14.9. The summed E-state index contributed by atoms with van der Waals surface area (Å²) in [6, 6.07) is 19.5. The number of H-pyrrole nitrogens is 1. The molecule has 0 saturated carbocycles. The van der Waals surface area contributed by atoms with Gasteiger partial charge in [-0.15, -0.1) is 0 Å². The maximum absolute atomic E-state index is 11.5. The van der Waals surface area contributed by atoms with Crippen molar-refractivity contribution in [2.75, 3.05) is 7.11 Å². The second-order valence-corrected chi connectivity index (χ2v) is 5.96. The number of esters is 1. The molecule has 0 aliphatic carbocycles. The Bertz CT molecular complexity index is 1050. The van der Waals surface area contributed by atoms with E-state index in [-0.39, 0.29) is 5.97 Å². The molecule has 0 aliphatic heterocycles. The molecule has 2 aromatic carbocycles. The van der Waals surface area contributed by atoms with Gasteiger partial charge in [0.2, 0.25) is 0 Å². The molecule has 0 unspecified atom stereocenters. The van der Waals surface area contributed by atoms with Crippen molar-refractivity contribution in [1.82, 2.24) is 4.98 Å². The van der Waals surface area contributed by atoms with E-state index in [1.165, 1.54) is 7.11 Å². The van der Waals surface area contributed by atoms with Gasteiger partial charge in [0.05, 0.1) is 18.4 Å². The minimum absolute atomic E-state index is 0.337. The number of aryl methyl sites for hydroxylation is 1. The van der Waals surface area contributed by atoms with Crippen molar-refractivity contribution in [2.45, 2.75) is 6.92 Å². The van der Waals surface area contributed by atoms with Crippen LogP contribution < -0.4 is 0 Å². The van der Waals surface area contributed by atoms with Crippen LogP contribution in [0, 0.1) is 6.92 Å². The highest BCUT2D eigenvalue weighted by molar-refractivity contribution is 5.90. The Morgan fingerprint density at radius 2 is 1.76 bits per heavy atom. The molecule has 4 aromatic rings. The van der Waals surface area contributed by atoms with E-state index in [1.54, 1.807) is 12.1 Å². The number of furan rings is 1. The number of aromatic amines is 1. The van der Waals surface area contributed by atoms with Crippen molar-refractivity contribution < 1.29 is 13.9 Å². The highest BCUT2D eigenvalue weighted by Gasteiger charge is 2.11. The lowest BCUT2D eigenvalue weighted by Gasteiger charge is -2.01. The summed E-state index contributed by atoms with van der Waals surface area (Å²) in [6.07, 6.45) is 0. The number of rotatable bonds is 3. The van der Waals surface area contributed by atoms with Crippen LogP contribution in [0.5, 0.6) is 0 Å².